The van der Waals surface area contributed by atoms with Gasteiger partial charge in [-0.3, -0.25) is 0 Å². The third-order valence-electron chi connectivity index (χ3n) is 3.59. The highest BCUT2D eigenvalue weighted by Gasteiger charge is 2.07. The maximum absolute atomic E-state index is 5.05. The summed E-state index contributed by atoms with van der Waals surface area (Å²) in [6.45, 7) is 9.83. The number of benzene rings is 1. The van der Waals surface area contributed by atoms with E-state index in [4.69, 9.17) is 4.74 Å². The lowest BCUT2D eigenvalue weighted by atomic mass is 10.1. The Bertz CT molecular complexity index is 647. The van der Waals surface area contributed by atoms with E-state index in [1.165, 1.54) is 16.7 Å². The van der Waals surface area contributed by atoms with Crippen LogP contribution in [0.3, 0.4) is 0 Å². The molecule has 0 amide bonds. The minimum atomic E-state index is 0.644. The number of aromatic nitrogens is 2. The molecule has 0 radical (unpaired) electrons. The summed E-state index contributed by atoms with van der Waals surface area (Å²) >= 11 is 0. The van der Waals surface area contributed by atoms with E-state index in [0.717, 1.165) is 36.8 Å². The van der Waals surface area contributed by atoms with Gasteiger partial charge < -0.3 is 15.4 Å². The summed E-state index contributed by atoms with van der Waals surface area (Å²) in [5.41, 5.74) is 5.74. The first-order valence-corrected chi connectivity index (χ1v) is 7.93. The predicted molar refractivity (Wildman–Crippen MR) is 95.7 cm³/mol. The second-order valence-electron chi connectivity index (χ2n) is 5.89. The molecule has 1 aromatic heterocycles. The van der Waals surface area contributed by atoms with Crippen LogP contribution in [0.5, 0.6) is 0 Å². The van der Waals surface area contributed by atoms with Crippen molar-refractivity contribution in [2.45, 2.75) is 34.1 Å². The largest absolute Gasteiger partial charge is 0.385 e. The van der Waals surface area contributed by atoms with Crippen LogP contribution in [-0.2, 0) is 4.74 Å². The quantitative estimate of drug-likeness (QED) is 0.759. The van der Waals surface area contributed by atoms with Crippen LogP contribution in [0, 0.1) is 27.7 Å². The van der Waals surface area contributed by atoms with Crippen molar-refractivity contribution in [3.63, 3.8) is 0 Å². The number of nitrogens with zero attached hydrogens (tertiary/aromatic N) is 2. The molecular formula is C18H26N4O. The summed E-state index contributed by atoms with van der Waals surface area (Å²) in [6.07, 6.45) is 0.923. The first-order valence-electron chi connectivity index (χ1n) is 7.93. The molecule has 2 aromatic rings. The highest BCUT2D eigenvalue weighted by Crippen LogP contribution is 2.25. The van der Waals surface area contributed by atoms with Gasteiger partial charge >= 0.3 is 0 Å². The Morgan fingerprint density at radius 3 is 2.35 bits per heavy atom. The van der Waals surface area contributed by atoms with Crippen molar-refractivity contribution in [2.75, 3.05) is 30.9 Å². The molecule has 1 heterocycles. The molecule has 0 spiro atoms. The average molecular weight is 314 g/mol. The molecule has 5 nitrogen and oxygen atoms in total. The molecule has 2 N–H and O–H groups in total. The first-order chi connectivity index (χ1) is 11.0. The zero-order valence-corrected chi connectivity index (χ0v) is 14.7. The van der Waals surface area contributed by atoms with Gasteiger partial charge in [-0.1, -0.05) is 17.7 Å². The number of ether oxygens (including phenoxy) is 1. The topological polar surface area (TPSA) is 59.1 Å². The molecule has 5 heteroatoms. The number of anilines is 3. The molecule has 0 aliphatic carbocycles. The van der Waals surface area contributed by atoms with Gasteiger partial charge in [0.1, 0.15) is 5.82 Å². The maximum atomic E-state index is 5.05. The molecule has 23 heavy (non-hydrogen) atoms. The fourth-order valence-electron chi connectivity index (χ4n) is 2.63. The van der Waals surface area contributed by atoms with Crippen molar-refractivity contribution in [2.24, 2.45) is 0 Å². The van der Waals surface area contributed by atoms with Crippen LogP contribution in [-0.4, -0.2) is 30.2 Å². The fraction of sp³-hybridized carbons (Fsp3) is 0.444. The van der Waals surface area contributed by atoms with E-state index in [1.807, 2.05) is 13.0 Å². The predicted octanol–water partition coefficient (Wildman–Crippen LogP) is 3.90. The third kappa shape index (κ3) is 4.93. The van der Waals surface area contributed by atoms with Crippen LogP contribution < -0.4 is 10.6 Å². The van der Waals surface area contributed by atoms with Crippen molar-refractivity contribution in [1.82, 2.24) is 9.97 Å². The van der Waals surface area contributed by atoms with Crippen molar-refractivity contribution >= 4 is 17.5 Å². The van der Waals surface area contributed by atoms with Gasteiger partial charge in [-0.05, 0) is 45.2 Å². The van der Waals surface area contributed by atoms with E-state index in [0.29, 0.717) is 5.95 Å². The van der Waals surface area contributed by atoms with Crippen LogP contribution in [0.15, 0.2) is 18.2 Å². The summed E-state index contributed by atoms with van der Waals surface area (Å²) in [6, 6.07) is 6.31. The molecule has 0 unspecified atom stereocenters. The van der Waals surface area contributed by atoms with Gasteiger partial charge in [0.15, 0.2) is 0 Å². The van der Waals surface area contributed by atoms with Crippen molar-refractivity contribution in [3.8, 4) is 0 Å². The molecule has 0 aliphatic rings. The van der Waals surface area contributed by atoms with Crippen LogP contribution in [0.1, 0.15) is 28.8 Å². The minimum Gasteiger partial charge on any atom is -0.385 e. The van der Waals surface area contributed by atoms with Gasteiger partial charge in [-0.2, -0.15) is 4.98 Å². The van der Waals surface area contributed by atoms with Gasteiger partial charge in [-0.15, -0.1) is 0 Å². The molecule has 124 valence electrons. The molecule has 0 fully saturated rings. The van der Waals surface area contributed by atoms with Crippen molar-refractivity contribution < 1.29 is 4.74 Å². The number of hydrogen-bond donors (Lipinski definition) is 2. The number of methoxy groups -OCH3 is 1. The number of hydrogen-bond acceptors (Lipinski definition) is 5. The summed E-state index contributed by atoms with van der Waals surface area (Å²) in [4.78, 5) is 8.99. The molecule has 0 aliphatic heterocycles. The van der Waals surface area contributed by atoms with Gasteiger partial charge in [0.05, 0.1) is 0 Å². The van der Waals surface area contributed by atoms with Crippen LogP contribution in [0.4, 0.5) is 17.5 Å². The molecule has 1 aromatic carbocycles. The van der Waals surface area contributed by atoms with Gasteiger partial charge in [0.2, 0.25) is 5.95 Å². The molecule has 2 rings (SSSR count). The van der Waals surface area contributed by atoms with Gasteiger partial charge in [-0.25, -0.2) is 4.98 Å². The van der Waals surface area contributed by atoms with Gasteiger partial charge in [0, 0.05) is 37.7 Å². The Kier molecular flexibility index (Phi) is 5.93. The summed E-state index contributed by atoms with van der Waals surface area (Å²) in [5, 5.41) is 6.68. The Morgan fingerprint density at radius 1 is 1.00 bits per heavy atom. The second kappa shape index (κ2) is 7.92. The standard InChI is InChI=1S/C18H26N4O/c1-12-9-13(2)17(14(3)10-12)21-16-11-15(4)20-18(22-16)19-7-6-8-23-5/h9-11H,6-8H2,1-5H3,(H2,19,20,21,22). The van der Waals surface area contributed by atoms with Crippen molar-refractivity contribution in [1.29, 1.82) is 0 Å². The fourth-order valence-corrected chi connectivity index (χ4v) is 2.63. The van der Waals surface area contributed by atoms with E-state index in [2.05, 4.69) is 53.5 Å². The summed E-state index contributed by atoms with van der Waals surface area (Å²) in [5.74, 6) is 1.45. The van der Waals surface area contributed by atoms with E-state index in [9.17, 15) is 0 Å². The minimum absolute atomic E-state index is 0.644. The highest BCUT2D eigenvalue weighted by molar-refractivity contribution is 5.65. The lowest BCUT2D eigenvalue weighted by Gasteiger charge is -2.14. The van der Waals surface area contributed by atoms with Crippen LogP contribution in [0.25, 0.3) is 0 Å². The zero-order valence-electron chi connectivity index (χ0n) is 14.7. The highest BCUT2D eigenvalue weighted by atomic mass is 16.5. The molecule has 0 atom stereocenters. The van der Waals surface area contributed by atoms with E-state index in [1.54, 1.807) is 7.11 Å². The lowest BCUT2D eigenvalue weighted by molar-refractivity contribution is 0.197. The smallest absolute Gasteiger partial charge is 0.224 e. The Balaban J connectivity index is 2.15. The molecule has 0 saturated heterocycles. The van der Waals surface area contributed by atoms with E-state index < -0.39 is 0 Å². The Hall–Kier alpha value is -2.14. The average Bonchev–Trinajstić information content (AvgIpc) is 2.47. The van der Waals surface area contributed by atoms with E-state index >= 15 is 0 Å². The third-order valence-corrected chi connectivity index (χ3v) is 3.59. The van der Waals surface area contributed by atoms with Crippen LogP contribution >= 0.6 is 0 Å². The first kappa shape index (κ1) is 17.2. The summed E-state index contributed by atoms with van der Waals surface area (Å²) < 4.78 is 5.05. The SMILES string of the molecule is COCCCNc1nc(C)cc(Nc2c(C)cc(C)cc2C)n1. The van der Waals surface area contributed by atoms with E-state index in [-0.39, 0.29) is 0 Å². The molecular weight excluding hydrogens is 288 g/mol. The zero-order chi connectivity index (χ0) is 16.8. The number of nitrogens with one attached hydrogen (secondary N) is 2. The van der Waals surface area contributed by atoms with Gasteiger partial charge in [0.25, 0.3) is 0 Å². The second-order valence-corrected chi connectivity index (χ2v) is 5.89. The number of aryl methyl sites for hydroxylation is 4. The Morgan fingerprint density at radius 2 is 1.70 bits per heavy atom. The van der Waals surface area contributed by atoms with Crippen LogP contribution in [0.2, 0.25) is 0 Å². The molecule has 0 bridgehead atoms. The lowest BCUT2D eigenvalue weighted by Crippen LogP contribution is -2.09. The monoisotopic (exact) mass is 314 g/mol. The van der Waals surface area contributed by atoms with Crippen molar-refractivity contribution in [3.05, 3.63) is 40.6 Å². The normalized spacial score (nSPS) is 10.7. The Labute approximate surface area is 138 Å². The summed E-state index contributed by atoms with van der Waals surface area (Å²) in [7, 11) is 1.71. The number of rotatable bonds is 7. The maximum Gasteiger partial charge on any atom is 0.224 e. The molecule has 0 saturated carbocycles.